The van der Waals surface area contributed by atoms with Crippen LogP contribution in [0.15, 0.2) is 22.9 Å². The predicted molar refractivity (Wildman–Crippen MR) is 90.9 cm³/mol. The molecule has 1 aliphatic carbocycles. The van der Waals surface area contributed by atoms with Gasteiger partial charge in [-0.2, -0.15) is 0 Å². The predicted octanol–water partition coefficient (Wildman–Crippen LogP) is 3.90. The third-order valence-corrected chi connectivity index (χ3v) is 5.12. The molecule has 0 bridgehead atoms. The molecule has 1 amide bonds. The summed E-state index contributed by atoms with van der Waals surface area (Å²) < 4.78 is 6.78. The van der Waals surface area contributed by atoms with Crippen LogP contribution in [-0.2, 0) is 4.74 Å². The first-order valence-corrected chi connectivity index (χ1v) is 8.66. The molecule has 5 heteroatoms. The Hall–Kier alpha value is -0.940. The maximum absolute atomic E-state index is 12.6. The van der Waals surface area contributed by atoms with Gasteiger partial charge in [-0.15, -0.1) is 0 Å². The maximum atomic E-state index is 12.6. The lowest BCUT2D eigenvalue weighted by molar-refractivity contribution is -0.140. The van der Waals surface area contributed by atoms with Crippen molar-refractivity contribution in [2.24, 2.45) is 5.41 Å². The van der Waals surface area contributed by atoms with E-state index in [4.69, 9.17) is 4.74 Å². The molecule has 1 heterocycles. The Morgan fingerprint density at radius 3 is 2.82 bits per heavy atom. The quantitative estimate of drug-likeness (QED) is 0.715. The molecule has 22 heavy (non-hydrogen) atoms. The normalized spacial score (nSPS) is 23.0. The fraction of sp³-hybridized carbons (Fsp3) is 0.647. The van der Waals surface area contributed by atoms with E-state index in [-0.39, 0.29) is 23.5 Å². The van der Waals surface area contributed by atoms with Crippen molar-refractivity contribution in [1.82, 2.24) is 9.88 Å². The van der Waals surface area contributed by atoms with Gasteiger partial charge in [-0.3, -0.25) is 9.78 Å². The van der Waals surface area contributed by atoms with Gasteiger partial charge in [-0.1, -0.05) is 27.2 Å². The maximum Gasteiger partial charge on any atom is 0.255 e. The molecule has 0 spiro atoms. The van der Waals surface area contributed by atoms with Crippen LogP contribution in [0.25, 0.3) is 0 Å². The van der Waals surface area contributed by atoms with E-state index in [0.29, 0.717) is 5.56 Å². The highest BCUT2D eigenvalue weighted by molar-refractivity contribution is 9.10. The lowest BCUT2D eigenvalue weighted by Gasteiger charge is -2.54. The van der Waals surface area contributed by atoms with Gasteiger partial charge in [0.25, 0.3) is 5.91 Å². The lowest BCUT2D eigenvalue weighted by Crippen LogP contribution is -2.62. The zero-order valence-corrected chi connectivity index (χ0v) is 15.4. The van der Waals surface area contributed by atoms with Crippen LogP contribution < -0.4 is 0 Å². The summed E-state index contributed by atoms with van der Waals surface area (Å²) in [4.78, 5) is 18.5. The number of pyridine rings is 1. The molecular formula is C17H25BrN2O2. The molecule has 0 N–H and O–H groups in total. The van der Waals surface area contributed by atoms with Crippen molar-refractivity contribution >= 4 is 21.8 Å². The van der Waals surface area contributed by atoms with Crippen molar-refractivity contribution in [1.29, 1.82) is 0 Å². The highest BCUT2D eigenvalue weighted by atomic mass is 79.9. The number of halogens is 1. The molecule has 1 aliphatic rings. The van der Waals surface area contributed by atoms with Gasteiger partial charge in [-0.05, 0) is 34.8 Å². The minimum atomic E-state index is -0.0163. The molecule has 2 atom stereocenters. The number of hydrogen-bond donors (Lipinski definition) is 0. The minimum absolute atomic E-state index is 0.0129. The van der Waals surface area contributed by atoms with Gasteiger partial charge >= 0.3 is 0 Å². The highest BCUT2D eigenvalue weighted by Crippen LogP contribution is 2.45. The van der Waals surface area contributed by atoms with Gasteiger partial charge in [0.15, 0.2) is 0 Å². The van der Waals surface area contributed by atoms with E-state index >= 15 is 0 Å². The summed E-state index contributed by atoms with van der Waals surface area (Å²) in [6, 6.07) is 2.01. The molecule has 1 saturated carbocycles. The number of unbranched alkanes of at least 4 members (excludes halogenated alkanes) is 1. The summed E-state index contributed by atoms with van der Waals surface area (Å²) in [5.74, 6) is 0.0129. The van der Waals surface area contributed by atoms with Crippen LogP contribution in [0.3, 0.4) is 0 Å². The SMILES string of the molecule is CCCCO[C@@H]1C[C@H](N(C)C(=O)c2cncc(Br)c2)C1(C)C. The number of carbonyl (C=O) groups is 1. The average molecular weight is 369 g/mol. The molecule has 0 saturated heterocycles. The largest absolute Gasteiger partial charge is 0.378 e. The van der Waals surface area contributed by atoms with Crippen LogP contribution in [0.2, 0.25) is 0 Å². The number of aromatic nitrogens is 1. The van der Waals surface area contributed by atoms with Crippen molar-refractivity contribution in [2.45, 2.75) is 52.2 Å². The van der Waals surface area contributed by atoms with E-state index in [0.717, 1.165) is 30.3 Å². The molecule has 1 aromatic rings. The first-order chi connectivity index (χ1) is 10.4. The molecule has 122 valence electrons. The summed E-state index contributed by atoms with van der Waals surface area (Å²) in [5, 5.41) is 0. The zero-order chi connectivity index (χ0) is 16.3. The molecule has 1 fully saturated rings. The Morgan fingerprint density at radius 1 is 1.50 bits per heavy atom. The Bertz CT molecular complexity index is 533. The topological polar surface area (TPSA) is 42.4 Å². The van der Waals surface area contributed by atoms with Crippen LogP contribution >= 0.6 is 15.9 Å². The van der Waals surface area contributed by atoms with E-state index in [1.807, 2.05) is 18.0 Å². The fourth-order valence-electron chi connectivity index (χ4n) is 3.05. The molecule has 0 radical (unpaired) electrons. The fourth-order valence-corrected chi connectivity index (χ4v) is 3.41. The van der Waals surface area contributed by atoms with E-state index < -0.39 is 0 Å². The number of rotatable bonds is 6. The van der Waals surface area contributed by atoms with Crippen molar-refractivity contribution in [3.05, 3.63) is 28.5 Å². The molecule has 0 aliphatic heterocycles. The summed E-state index contributed by atoms with van der Waals surface area (Å²) in [5.41, 5.74) is 0.598. The van der Waals surface area contributed by atoms with Crippen LogP contribution in [0.1, 0.15) is 50.4 Å². The third-order valence-electron chi connectivity index (χ3n) is 4.68. The van der Waals surface area contributed by atoms with Gasteiger partial charge in [0.1, 0.15) is 0 Å². The standard InChI is InChI=1S/C17H25BrN2O2/c1-5-6-7-22-15-9-14(17(15,2)3)20(4)16(21)12-8-13(18)11-19-10-12/h8,10-11,14-15H,5-7,9H2,1-4H3/t14-,15+/m0/s1. The van der Waals surface area contributed by atoms with Crippen LogP contribution in [0.4, 0.5) is 0 Å². The number of ether oxygens (including phenoxy) is 1. The second-order valence-corrected chi connectivity index (χ2v) is 7.51. The Morgan fingerprint density at radius 2 is 2.23 bits per heavy atom. The van der Waals surface area contributed by atoms with Gasteiger partial charge in [0.2, 0.25) is 0 Å². The van der Waals surface area contributed by atoms with E-state index in [2.05, 4.69) is 41.7 Å². The Labute approximate surface area is 141 Å². The molecular weight excluding hydrogens is 344 g/mol. The monoisotopic (exact) mass is 368 g/mol. The highest BCUT2D eigenvalue weighted by Gasteiger charge is 2.51. The van der Waals surface area contributed by atoms with Crippen LogP contribution in [-0.4, -0.2) is 41.6 Å². The smallest absolute Gasteiger partial charge is 0.255 e. The second-order valence-electron chi connectivity index (χ2n) is 6.59. The summed E-state index contributed by atoms with van der Waals surface area (Å²) in [6.07, 6.45) is 6.67. The van der Waals surface area contributed by atoms with Gasteiger partial charge < -0.3 is 9.64 Å². The van der Waals surface area contributed by atoms with Crippen molar-refractivity contribution in [2.75, 3.05) is 13.7 Å². The average Bonchev–Trinajstić information content (AvgIpc) is 2.48. The molecule has 0 aromatic carbocycles. The molecule has 0 unspecified atom stereocenters. The van der Waals surface area contributed by atoms with Crippen LogP contribution in [0, 0.1) is 5.41 Å². The summed E-state index contributed by atoms with van der Waals surface area (Å²) in [6.45, 7) is 7.34. The lowest BCUT2D eigenvalue weighted by atomic mass is 9.63. The van der Waals surface area contributed by atoms with Crippen LogP contribution in [0.5, 0.6) is 0 Å². The Balaban J connectivity index is 1.99. The molecule has 1 aromatic heterocycles. The zero-order valence-electron chi connectivity index (χ0n) is 13.8. The summed E-state index contributed by atoms with van der Waals surface area (Å²) in [7, 11) is 1.87. The van der Waals surface area contributed by atoms with Crippen molar-refractivity contribution < 1.29 is 9.53 Å². The number of hydrogen-bond acceptors (Lipinski definition) is 3. The first-order valence-electron chi connectivity index (χ1n) is 7.87. The van der Waals surface area contributed by atoms with E-state index in [1.165, 1.54) is 0 Å². The first kappa shape index (κ1) is 17.4. The number of carbonyl (C=O) groups excluding carboxylic acids is 1. The van der Waals surface area contributed by atoms with E-state index in [9.17, 15) is 4.79 Å². The van der Waals surface area contributed by atoms with Crippen molar-refractivity contribution in [3.63, 3.8) is 0 Å². The van der Waals surface area contributed by atoms with Crippen molar-refractivity contribution in [3.8, 4) is 0 Å². The van der Waals surface area contributed by atoms with E-state index in [1.54, 1.807) is 12.4 Å². The van der Waals surface area contributed by atoms with Gasteiger partial charge in [0, 0.05) is 42.0 Å². The second kappa shape index (κ2) is 7.09. The number of amides is 1. The number of nitrogens with zero attached hydrogens (tertiary/aromatic N) is 2. The van der Waals surface area contributed by atoms with Gasteiger partial charge in [0.05, 0.1) is 11.7 Å². The Kier molecular flexibility index (Phi) is 5.61. The molecule has 4 nitrogen and oxygen atoms in total. The van der Waals surface area contributed by atoms with Gasteiger partial charge in [-0.25, -0.2) is 0 Å². The summed E-state index contributed by atoms with van der Waals surface area (Å²) >= 11 is 3.36. The minimum Gasteiger partial charge on any atom is -0.378 e. The molecule has 2 rings (SSSR count). The third kappa shape index (κ3) is 3.51.